The third kappa shape index (κ3) is 4.68. The standard InChI is InChI=1S/C21H17ClFN3O4S/c22-19-6-3-16(12-18(19)20-11-15(23)7-8-24-20)25-21(27)14-1-4-17(5-2-14)26-13-30-9-10-31(26,28)29/h1-8,11-12H,9-10,13H2,(H,25,27). The fourth-order valence-electron chi connectivity index (χ4n) is 3.07. The molecule has 1 saturated heterocycles. The lowest BCUT2D eigenvalue weighted by atomic mass is 10.1. The van der Waals surface area contributed by atoms with Gasteiger partial charge in [0.2, 0.25) is 10.0 Å². The zero-order valence-electron chi connectivity index (χ0n) is 16.1. The van der Waals surface area contributed by atoms with Gasteiger partial charge in [-0.3, -0.25) is 9.78 Å². The first-order valence-electron chi connectivity index (χ1n) is 9.24. The molecule has 1 aromatic heterocycles. The van der Waals surface area contributed by atoms with Gasteiger partial charge in [-0.25, -0.2) is 17.1 Å². The molecule has 1 amide bonds. The number of nitrogens with zero attached hydrogens (tertiary/aromatic N) is 2. The molecule has 2 heterocycles. The van der Waals surface area contributed by atoms with Crippen LogP contribution in [0.1, 0.15) is 10.4 Å². The molecule has 3 aromatic rings. The SMILES string of the molecule is O=C(Nc1ccc(Cl)c(-c2cc(F)ccn2)c1)c1ccc(N2COCCS2(=O)=O)cc1. The van der Waals surface area contributed by atoms with Crippen molar-refractivity contribution in [2.45, 2.75) is 0 Å². The van der Waals surface area contributed by atoms with Crippen molar-refractivity contribution in [3.63, 3.8) is 0 Å². The summed E-state index contributed by atoms with van der Waals surface area (Å²) in [6, 6.07) is 13.4. The van der Waals surface area contributed by atoms with Gasteiger partial charge < -0.3 is 10.1 Å². The molecule has 1 aliphatic rings. The second-order valence-corrected chi connectivity index (χ2v) is 9.18. The molecule has 160 valence electrons. The molecule has 0 bridgehead atoms. The fraction of sp³-hybridized carbons (Fsp3) is 0.143. The van der Waals surface area contributed by atoms with Gasteiger partial charge in [0.15, 0.2) is 0 Å². The molecule has 1 fully saturated rings. The van der Waals surface area contributed by atoms with Crippen molar-refractivity contribution in [3.8, 4) is 11.3 Å². The lowest BCUT2D eigenvalue weighted by Gasteiger charge is -2.28. The second kappa shape index (κ2) is 8.62. The van der Waals surface area contributed by atoms with E-state index in [1.54, 1.807) is 30.3 Å². The van der Waals surface area contributed by atoms with Crippen LogP contribution >= 0.6 is 11.6 Å². The van der Waals surface area contributed by atoms with Crippen molar-refractivity contribution in [2.75, 3.05) is 28.7 Å². The number of carbonyl (C=O) groups is 1. The number of anilines is 2. The number of amides is 1. The van der Waals surface area contributed by atoms with Gasteiger partial charge in [0.25, 0.3) is 5.91 Å². The van der Waals surface area contributed by atoms with Crippen LogP contribution in [0.25, 0.3) is 11.3 Å². The van der Waals surface area contributed by atoms with E-state index < -0.39 is 21.7 Å². The Bertz CT molecular complexity index is 1240. The molecular formula is C21H17ClFN3O4S. The lowest BCUT2D eigenvalue weighted by Crippen LogP contribution is -2.41. The number of ether oxygens (including phenoxy) is 1. The average molecular weight is 462 g/mol. The van der Waals surface area contributed by atoms with E-state index in [2.05, 4.69) is 10.3 Å². The second-order valence-electron chi connectivity index (χ2n) is 6.76. The molecule has 31 heavy (non-hydrogen) atoms. The molecule has 1 N–H and O–H groups in total. The Morgan fingerprint density at radius 3 is 2.61 bits per heavy atom. The Kier molecular flexibility index (Phi) is 5.90. The minimum Gasteiger partial charge on any atom is -0.359 e. The van der Waals surface area contributed by atoms with Crippen LogP contribution < -0.4 is 9.62 Å². The number of aromatic nitrogens is 1. The molecule has 0 saturated carbocycles. The maximum Gasteiger partial charge on any atom is 0.255 e. The van der Waals surface area contributed by atoms with Gasteiger partial charge in [-0.05, 0) is 48.5 Å². The van der Waals surface area contributed by atoms with Gasteiger partial charge in [-0.15, -0.1) is 0 Å². The van der Waals surface area contributed by atoms with Gasteiger partial charge in [0, 0.05) is 29.1 Å². The minimum absolute atomic E-state index is 0.0600. The van der Waals surface area contributed by atoms with Gasteiger partial charge in [0.05, 0.1) is 28.8 Å². The third-order valence-corrected chi connectivity index (χ3v) is 6.67. The highest BCUT2D eigenvalue weighted by Gasteiger charge is 2.26. The Morgan fingerprint density at radius 1 is 1.13 bits per heavy atom. The molecule has 0 aliphatic carbocycles. The van der Waals surface area contributed by atoms with E-state index in [1.807, 2.05) is 0 Å². The number of carbonyl (C=O) groups excluding carboxylic acids is 1. The van der Waals surface area contributed by atoms with E-state index in [1.165, 1.54) is 30.5 Å². The summed E-state index contributed by atoms with van der Waals surface area (Å²) in [5, 5.41) is 3.12. The number of rotatable bonds is 4. The molecule has 7 nitrogen and oxygen atoms in total. The summed E-state index contributed by atoms with van der Waals surface area (Å²) in [5.41, 5.74) is 2.02. The number of halogens is 2. The zero-order chi connectivity index (χ0) is 22.0. The largest absolute Gasteiger partial charge is 0.359 e. The van der Waals surface area contributed by atoms with E-state index >= 15 is 0 Å². The molecular weight excluding hydrogens is 445 g/mol. The number of nitrogens with one attached hydrogen (secondary N) is 1. The van der Waals surface area contributed by atoms with Crippen LogP contribution in [-0.4, -0.2) is 38.4 Å². The lowest BCUT2D eigenvalue weighted by molar-refractivity contribution is 0.102. The van der Waals surface area contributed by atoms with E-state index in [9.17, 15) is 17.6 Å². The predicted molar refractivity (Wildman–Crippen MR) is 116 cm³/mol. The topological polar surface area (TPSA) is 88.6 Å². The van der Waals surface area contributed by atoms with Crippen molar-refractivity contribution < 1.29 is 22.3 Å². The summed E-state index contributed by atoms with van der Waals surface area (Å²) in [6.45, 7) is 0.100. The minimum atomic E-state index is -3.43. The molecule has 4 rings (SSSR count). The number of pyridine rings is 1. The van der Waals surface area contributed by atoms with Gasteiger partial charge in [-0.2, -0.15) is 0 Å². The highest BCUT2D eigenvalue weighted by atomic mass is 35.5. The van der Waals surface area contributed by atoms with Crippen LogP contribution in [0.2, 0.25) is 5.02 Å². The van der Waals surface area contributed by atoms with Crippen LogP contribution in [0, 0.1) is 5.82 Å². The van der Waals surface area contributed by atoms with E-state index in [4.69, 9.17) is 16.3 Å². The van der Waals surface area contributed by atoms with Crippen molar-refractivity contribution in [3.05, 3.63) is 77.2 Å². The quantitative estimate of drug-likeness (QED) is 0.636. The number of hydrogen-bond donors (Lipinski definition) is 1. The van der Waals surface area contributed by atoms with E-state index in [-0.39, 0.29) is 19.1 Å². The number of sulfonamides is 1. The molecule has 0 radical (unpaired) electrons. The summed E-state index contributed by atoms with van der Waals surface area (Å²) in [7, 11) is -3.43. The van der Waals surface area contributed by atoms with E-state index in [0.29, 0.717) is 33.2 Å². The van der Waals surface area contributed by atoms with E-state index in [0.717, 1.165) is 4.31 Å². The summed E-state index contributed by atoms with van der Waals surface area (Å²) >= 11 is 6.21. The molecule has 0 unspecified atom stereocenters. The van der Waals surface area contributed by atoms with Crippen LogP contribution in [0.5, 0.6) is 0 Å². The Hall–Kier alpha value is -3.01. The first-order valence-corrected chi connectivity index (χ1v) is 11.2. The summed E-state index contributed by atoms with van der Waals surface area (Å²) < 4.78 is 44.2. The summed E-state index contributed by atoms with van der Waals surface area (Å²) in [6.07, 6.45) is 1.33. The van der Waals surface area contributed by atoms with Crippen LogP contribution in [0.3, 0.4) is 0 Å². The van der Waals surface area contributed by atoms with Crippen LogP contribution in [0.4, 0.5) is 15.8 Å². The predicted octanol–water partition coefficient (Wildman–Crippen LogP) is 3.92. The highest BCUT2D eigenvalue weighted by molar-refractivity contribution is 7.92. The smallest absolute Gasteiger partial charge is 0.255 e. The van der Waals surface area contributed by atoms with Gasteiger partial charge in [0.1, 0.15) is 12.5 Å². The molecule has 10 heteroatoms. The number of hydrogen-bond acceptors (Lipinski definition) is 5. The average Bonchev–Trinajstić information content (AvgIpc) is 2.75. The first kappa shape index (κ1) is 21.2. The summed E-state index contributed by atoms with van der Waals surface area (Å²) in [4.78, 5) is 16.8. The van der Waals surface area contributed by atoms with Crippen molar-refractivity contribution in [2.24, 2.45) is 0 Å². The van der Waals surface area contributed by atoms with Crippen molar-refractivity contribution >= 4 is 38.9 Å². The normalized spacial score (nSPS) is 15.5. The van der Waals surface area contributed by atoms with Crippen LogP contribution in [-0.2, 0) is 14.8 Å². The van der Waals surface area contributed by atoms with Crippen molar-refractivity contribution in [1.29, 1.82) is 0 Å². The summed E-state index contributed by atoms with van der Waals surface area (Å²) in [5.74, 6) is -0.935. The Labute approximate surface area is 183 Å². The molecule has 0 atom stereocenters. The fourth-order valence-corrected chi connectivity index (χ4v) is 4.51. The molecule has 1 aliphatic heterocycles. The Balaban J connectivity index is 1.53. The first-order chi connectivity index (χ1) is 14.8. The maximum absolute atomic E-state index is 13.5. The van der Waals surface area contributed by atoms with Crippen molar-refractivity contribution in [1.82, 2.24) is 4.98 Å². The van der Waals surface area contributed by atoms with Crippen LogP contribution in [0.15, 0.2) is 60.8 Å². The molecule has 0 spiro atoms. The Morgan fingerprint density at radius 2 is 1.90 bits per heavy atom. The zero-order valence-corrected chi connectivity index (χ0v) is 17.7. The highest BCUT2D eigenvalue weighted by Crippen LogP contribution is 2.30. The number of benzene rings is 2. The van der Waals surface area contributed by atoms with Gasteiger partial charge >= 0.3 is 0 Å². The third-order valence-electron chi connectivity index (χ3n) is 4.67. The van der Waals surface area contributed by atoms with Gasteiger partial charge in [-0.1, -0.05) is 11.6 Å². The monoisotopic (exact) mass is 461 g/mol. The molecule has 2 aromatic carbocycles. The maximum atomic E-state index is 13.5.